The molecule has 0 spiro atoms. The minimum Gasteiger partial charge on any atom is -0.369 e. The van der Waals surface area contributed by atoms with Crippen LogP contribution in [0.5, 0.6) is 0 Å². The van der Waals surface area contributed by atoms with Gasteiger partial charge >= 0.3 is 0 Å². The third kappa shape index (κ3) is 4.29. The van der Waals surface area contributed by atoms with Crippen LogP contribution in [0.15, 0.2) is 53.4 Å². The molecule has 3 heterocycles. The normalized spacial score (nSPS) is 17.1. The van der Waals surface area contributed by atoms with Crippen LogP contribution in [0, 0.1) is 0 Å². The molecule has 0 bridgehead atoms. The zero-order valence-electron chi connectivity index (χ0n) is 18.7. The molecule has 0 aliphatic carbocycles. The average Bonchev–Trinajstić information content (AvgIpc) is 3.42. The van der Waals surface area contributed by atoms with Gasteiger partial charge in [-0.25, -0.2) is 8.42 Å². The second kappa shape index (κ2) is 9.03. The molecule has 2 N–H and O–H groups in total. The Kier molecular flexibility index (Phi) is 6.07. The molecular formula is C23H25ClN6O3S. The van der Waals surface area contributed by atoms with Gasteiger partial charge in [-0.1, -0.05) is 23.7 Å². The molecular weight excluding hydrogens is 476 g/mol. The van der Waals surface area contributed by atoms with Crippen LogP contribution in [-0.4, -0.2) is 67.0 Å². The number of anilines is 2. The summed E-state index contributed by atoms with van der Waals surface area (Å²) >= 11 is 6.12. The zero-order valence-corrected chi connectivity index (χ0v) is 20.2. The van der Waals surface area contributed by atoms with E-state index in [9.17, 15) is 13.2 Å². The van der Waals surface area contributed by atoms with E-state index in [0.717, 1.165) is 31.9 Å². The van der Waals surface area contributed by atoms with Crippen LogP contribution >= 0.6 is 11.6 Å². The maximum Gasteiger partial charge on any atom is 0.256 e. The molecule has 0 atom stereocenters. The fourth-order valence-corrected chi connectivity index (χ4v) is 6.11. The second-order valence-electron chi connectivity index (χ2n) is 8.52. The van der Waals surface area contributed by atoms with Gasteiger partial charge in [-0.2, -0.15) is 9.40 Å². The molecule has 1 amide bonds. The maximum absolute atomic E-state index is 13.1. The molecule has 0 radical (unpaired) electrons. The summed E-state index contributed by atoms with van der Waals surface area (Å²) in [7, 11) is -1.68. The van der Waals surface area contributed by atoms with Crippen molar-refractivity contribution in [2.24, 2.45) is 0 Å². The lowest BCUT2D eigenvalue weighted by Gasteiger charge is -2.34. The first-order chi connectivity index (χ1) is 16.3. The molecule has 178 valence electrons. The molecule has 0 saturated carbocycles. The number of piperazine rings is 1. The summed E-state index contributed by atoms with van der Waals surface area (Å²) in [5, 5.41) is 10.0. The van der Waals surface area contributed by atoms with E-state index in [-0.39, 0.29) is 28.9 Å². The highest BCUT2D eigenvalue weighted by Gasteiger charge is 2.35. The van der Waals surface area contributed by atoms with Crippen LogP contribution in [0.2, 0.25) is 5.02 Å². The lowest BCUT2D eigenvalue weighted by Crippen LogP contribution is -2.44. The highest BCUT2D eigenvalue weighted by atomic mass is 35.5. The van der Waals surface area contributed by atoms with Crippen molar-refractivity contribution in [1.82, 2.24) is 19.4 Å². The van der Waals surface area contributed by atoms with E-state index in [0.29, 0.717) is 22.6 Å². The first kappa shape index (κ1) is 22.9. The molecule has 0 unspecified atom stereocenters. The number of fused-ring (bicyclic) bond motifs is 1. The number of nitrogens with zero attached hydrogens (tertiary/aromatic N) is 4. The molecule has 11 heteroatoms. The van der Waals surface area contributed by atoms with Gasteiger partial charge in [0.25, 0.3) is 5.91 Å². The Morgan fingerprint density at radius 2 is 1.74 bits per heavy atom. The number of amides is 1. The van der Waals surface area contributed by atoms with Crippen LogP contribution in [-0.2, 0) is 23.1 Å². The quantitative estimate of drug-likeness (QED) is 0.558. The highest BCUT2D eigenvalue weighted by molar-refractivity contribution is 7.89. The summed E-state index contributed by atoms with van der Waals surface area (Å²) in [5.74, 6) is 0.0339. The number of nitrogens with one attached hydrogen (secondary N) is 2. The van der Waals surface area contributed by atoms with Crippen molar-refractivity contribution in [2.75, 3.05) is 43.4 Å². The molecule has 5 rings (SSSR count). The van der Waals surface area contributed by atoms with Crippen molar-refractivity contribution < 1.29 is 13.2 Å². The van der Waals surface area contributed by atoms with E-state index in [2.05, 4.69) is 32.4 Å². The number of carbonyl (C=O) groups is 1. The molecule has 3 aromatic rings. The fraction of sp³-hybridized carbons (Fsp3) is 0.304. The number of hydrogen-bond donors (Lipinski definition) is 2. The van der Waals surface area contributed by atoms with Gasteiger partial charge in [0.05, 0.1) is 17.3 Å². The third-order valence-electron chi connectivity index (χ3n) is 6.31. The van der Waals surface area contributed by atoms with Crippen molar-refractivity contribution in [3.63, 3.8) is 0 Å². The number of rotatable bonds is 5. The number of aromatic amines is 1. The van der Waals surface area contributed by atoms with Gasteiger partial charge < -0.3 is 15.1 Å². The second-order valence-corrected chi connectivity index (χ2v) is 10.8. The fourth-order valence-electron chi connectivity index (χ4n) is 4.25. The van der Waals surface area contributed by atoms with Crippen LogP contribution in [0.25, 0.3) is 0 Å². The van der Waals surface area contributed by atoms with Crippen LogP contribution in [0.3, 0.4) is 0 Å². The van der Waals surface area contributed by atoms with E-state index in [1.54, 1.807) is 30.3 Å². The molecule has 2 aliphatic heterocycles. The molecule has 9 nitrogen and oxygen atoms in total. The first-order valence-corrected chi connectivity index (χ1v) is 12.8. The summed E-state index contributed by atoms with van der Waals surface area (Å²) in [6, 6.07) is 13.8. The number of likely N-dealkylation sites (N-methyl/N-ethyl adjacent to an activating group) is 1. The Labute approximate surface area is 203 Å². The van der Waals surface area contributed by atoms with Crippen molar-refractivity contribution in [3.8, 4) is 0 Å². The number of H-pyrrole nitrogens is 1. The summed E-state index contributed by atoms with van der Waals surface area (Å²) in [6.45, 7) is 4.15. The van der Waals surface area contributed by atoms with E-state index in [4.69, 9.17) is 11.6 Å². The predicted molar refractivity (Wildman–Crippen MR) is 131 cm³/mol. The molecule has 2 aromatic carbocycles. The highest BCUT2D eigenvalue weighted by Crippen LogP contribution is 2.33. The number of carbonyl (C=O) groups excluding carboxylic acids is 1. The summed E-state index contributed by atoms with van der Waals surface area (Å²) in [4.78, 5) is 17.5. The van der Waals surface area contributed by atoms with Gasteiger partial charge in [0.1, 0.15) is 4.90 Å². The Bertz CT molecular complexity index is 1320. The van der Waals surface area contributed by atoms with Crippen LogP contribution < -0.4 is 10.2 Å². The summed E-state index contributed by atoms with van der Waals surface area (Å²) in [6.07, 6.45) is 0. The van der Waals surface area contributed by atoms with Crippen LogP contribution in [0.4, 0.5) is 11.5 Å². The predicted octanol–water partition coefficient (Wildman–Crippen LogP) is 2.77. The number of sulfonamides is 1. The van der Waals surface area contributed by atoms with Crippen LogP contribution in [0.1, 0.15) is 21.6 Å². The van der Waals surface area contributed by atoms with Gasteiger partial charge in [-0.15, -0.1) is 0 Å². The third-order valence-corrected chi connectivity index (χ3v) is 8.60. The summed E-state index contributed by atoms with van der Waals surface area (Å²) < 4.78 is 27.5. The smallest absolute Gasteiger partial charge is 0.256 e. The van der Waals surface area contributed by atoms with E-state index in [1.165, 1.54) is 10.4 Å². The van der Waals surface area contributed by atoms with E-state index < -0.39 is 10.0 Å². The molecule has 34 heavy (non-hydrogen) atoms. The van der Waals surface area contributed by atoms with E-state index >= 15 is 0 Å². The largest absolute Gasteiger partial charge is 0.369 e. The molecule has 1 saturated heterocycles. The number of halogens is 1. The Hall–Kier alpha value is -2.92. The Morgan fingerprint density at radius 1 is 1.03 bits per heavy atom. The average molecular weight is 501 g/mol. The monoisotopic (exact) mass is 500 g/mol. The number of aromatic nitrogens is 2. The van der Waals surface area contributed by atoms with Gasteiger partial charge in [0, 0.05) is 49.5 Å². The maximum atomic E-state index is 13.1. The van der Waals surface area contributed by atoms with E-state index in [1.807, 2.05) is 12.1 Å². The molecule has 1 fully saturated rings. The zero-order chi connectivity index (χ0) is 23.9. The topological polar surface area (TPSA) is 102 Å². The van der Waals surface area contributed by atoms with Crippen molar-refractivity contribution in [3.05, 3.63) is 70.4 Å². The molecule has 1 aromatic heterocycles. The lowest BCUT2D eigenvalue weighted by atomic mass is 10.1. The van der Waals surface area contributed by atoms with Gasteiger partial charge in [0.2, 0.25) is 10.0 Å². The minimum atomic E-state index is -3.79. The van der Waals surface area contributed by atoms with Crippen molar-refractivity contribution >= 4 is 39.0 Å². The van der Waals surface area contributed by atoms with Crippen molar-refractivity contribution in [1.29, 1.82) is 0 Å². The summed E-state index contributed by atoms with van der Waals surface area (Å²) in [5.41, 5.74) is 2.90. The first-order valence-electron chi connectivity index (χ1n) is 11.0. The van der Waals surface area contributed by atoms with Crippen molar-refractivity contribution in [2.45, 2.75) is 18.0 Å². The number of benzene rings is 2. The number of hydrogen-bond acceptors (Lipinski definition) is 6. The Balaban J connectivity index is 1.27. The van der Waals surface area contributed by atoms with Gasteiger partial charge in [-0.05, 0) is 43.4 Å². The Morgan fingerprint density at radius 3 is 2.44 bits per heavy atom. The SMILES string of the molecule is CN1CCN(c2ccc(C(=O)Nc3n[nH]c4c3CN(S(=O)(=O)c3ccccc3Cl)C4)cc2)CC1. The minimum absolute atomic E-state index is 0.0563. The standard InChI is InChI=1S/C23H25ClN6O3S/c1-28-10-12-29(13-11-28)17-8-6-16(7-9-17)23(31)25-22-18-14-30(15-20(18)26-27-22)34(32,33)21-5-3-2-4-19(21)24/h2-9H,10-15H2,1H3,(H2,25,26,27,31). The molecule has 2 aliphatic rings. The lowest BCUT2D eigenvalue weighted by molar-refractivity contribution is 0.102. The van der Waals surface area contributed by atoms with Gasteiger partial charge in [0.15, 0.2) is 5.82 Å². The van der Waals surface area contributed by atoms with Gasteiger partial charge in [-0.3, -0.25) is 9.89 Å².